The Labute approximate surface area is 103 Å². The van der Waals surface area contributed by atoms with E-state index in [1.807, 2.05) is 24.3 Å². The number of nitrogens with zero attached hydrogens (tertiary/aromatic N) is 2. The third-order valence-corrected chi connectivity index (χ3v) is 2.59. The number of rotatable bonds is 2. The van der Waals surface area contributed by atoms with E-state index >= 15 is 0 Å². The van der Waals surface area contributed by atoms with Crippen molar-refractivity contribution in [3.8, 4) is 17.4 Å². The van der Waals surface area contributed by atoms with Crippen molar-refractivity contribution in [3.63, 3.8) is 0 Å². The molecule has 3 aromatic rings. The van der Waals surface area contributed by atoms with Crippen molar-refractivity contribution < 1.29 is 9.84 Å². The maximum atomic E-state index is 9.90. The Bertz CT molecular complexity index is 684. The van der Waals surface area contributed by atoms with Crippen LogP contribution in [-0.4, -0.2) is 15.3 Å². The fourth-order valence-electron chi connectivity index (χ4n) is 1.74. The molecule has 88 valence electrons. The SMILES string of the molecule is Oc1cc2ccccc2cc1Oc1cccnn1. The Morgan fingerprint density at radius 3 is 2.44 bits per heavy atom. The molecule has 2 aromatic carbocycles. The largest absolute Gasteiger partial charge is 0.504 e. The van der Waals surface area contributed by atoms with Crippen LogP contribution in [-0.2, 0) is 0 Å². The smallest absolute Gasteiger partial charge is 0.239 e. The molecule has 0 unspecified atom stereocenters. The Morgan fingerprint density at radius 1 is 0.944 bits per heavy atom. The van der Waals surface area contributed by atoms with Gasteiger partial charge in [-0.2, -0.15) is 5.10 Å². The molecule has 0 bridgehead atoms. The van der Waals surface area contributed by atoms with Crippen LogP contribution in [0.5, 0.6) is 17.4 Å². The molecule has 0 saturated heterocycles. The third-order valence-electron chi connectivity index (χ3n) is 2.59. The monoisotopic (exact) mass is 238 g/mol. The molecule has 0 aliphatic carbocycles. The van der Waals surface area contributed by atoms with Crippen LogP contribution >= 0.6 is 0 Å². The molecule has 0 aliphatic heterocycles. The van der Waals surface area contributed by atoms with Crippen LogP contribution in [0.1, 0.15) is 0 Å². The molecule has 18 heavy (non-hydrogen) atoms. The van der Waals surface area contributed by atoms with Crippen LogP contribution < -0.4 is 4.74 Å². The molecule has 0 saturated carbocycles. The number of benzene rings is 2. The highest BCUT2D eigenvalue weighted by atomic mass is 16.5. The lowest BCUT2D eigenvalue weighted by molar-refractivity contribution is 0.400. The standard InChI is InChI=1S/C14H10N2O2/c17-12-8-10-4-1-2-5-11(10)9-13(12)18-14-6-3-7-15-16-14/h1-9,17H. The van der Waals surface area contributed by atoms with Crippen molar-refractivity contribution in [3.05, 3.63) is 54.7 Å². The summed E-state index contributed by atoms with van der Waals surface area (Å²) >= 11 is 0. The number of phenols is 1. The fraction of sp³-hybridized carbons (Fsp3) is 0. The molecule has 1 N–H and O–H groups in total. The maximum absolute atomic E-state index is 9.90. The van der Waals surface area contributed by atoms with Crippen molar-refractivity contribution >= 4 is 10.8 Å². The highest BCUT2D eigenvalue weighted by Gasteiger charge is 2.06. The Morgan fingerprint density at radius 2 is 1.72 bits per heavy atom. The van der Waals surface area contributed by atoms with Crippen LogP contribution in [0.15, 0.2) is 54.7 Å². The van der Waals surface area contributed by atoms with Crippen molar-refractivity contribution in [2.24, 2.45) is 0 Å². The van der Waals surface area contributed by atoms with E-state index in [9.17, 15) is 5.11 Å². The number of fused-ring (bicyclic) bond motifs is 1. The molecule has 0 aliphatic rings. The summed E-state index contributed by atoms with van der Waals surface area (Å²) in [5.74, 6) is 0.802. The first-order valence-electron chi connectivity index (χ1n) is 5.50. The van der Waals surface area contributed by atoms with Gasteiger partial charge in [0, 0.05) is 12.3 Å². The van der Waals surface area contributed by atoms with Gasteiger partial charge in [0.05, 0.1) is 0 Å². The van der Waals surface area contributed by atoms with Gasteiger partial charge in [-0.3, -0.25) is 0 Å². The molecule has 0 spiro atoms. The first-order chi connectivity index (χ1) is 8.83. The fourth-order valence-corrected chi connectivity index (χ4v) is 1.74. The minimum absolute atomic E-state index is 0.0827. The van der Waals surface area contributed by atoms with Gasteiger partial charge >= 0.3 is 0 Å². The van der Waals surface area contributed by atoms with E-state index in [0.29, 0.717) is 11.6 Å². The zero-order valence-corrected chi connectivity index (χ0v) is 9.45. The van der Waals surface area contributed by atoms with Crippen LogP contribution in [0.3, 0.4) is 0 Å². The number of hydrogen-bond acceptors (Lipinski definition) is 4. The molecule has 0 atom stereocenters. The van der Waals surface area contributed by atoms with Crippen molar-refractivity contribution in [2.75, 3.05) is 0 Å². The van der Waals surface area contributed by atoms with E-state index in [1.54, 1.807) is 30.5 Å². The summed E-state index contributed by atoms with van der Waals surface area (Å²) in [6.45, 7) is 0. The van der Waals surface area contributed by atoms with E-state index in [1.165, 1.54) is 0 Å². The second-order valence-electron chi connectivity index (χ2n) is 3.83. The van der Waals surface area contributed by atoms with Crippen LogP contribution in [0.2, 0.25) is 0 Å². The first kappa shape index (κ1) is 10.5. The first-order valence-corrected chi connectivity index (χ1v) is 5.50. The molecular formula is C14H10N2O2. The molecular weight excluding hydrogens is 228 g/mol. The summed E-state index contributed by atoms with van der Waals surface area (Å²) in [5.41, 5.74) is 0. The maximum Gasteiger partial charge on any atom is 0.239 e. The second kappa shape index (κ2) is 4.33. The predicted molar refractivity (Wildman–Crippen MR) is 67.7 cm³/mol. The molecule has 0 radical (unpaired) electrons. The minimum Gasteiger partial charge on any atom is -0.504 e. The molecule has 3 rings (SSSR count). The minimum atomic E-state index is 0.0827. The molecule has 4 heteroatoms. The third kappa shape index (κ3) is 1.96. The summed E-state index contributed by atoms with van der Waals surface area (Å²) in [6, 6.07) is 14.6. The van der Waals surface area contributed by atoms with Gasteiger partial charge < -0.3 is 9.84 Å². The van der Waals surface area contributed by atoms with Gasteiger partial charge in [-0.25, -0.2) is 0 Å². The Hall–Kier alpha value is -2.62. The number of hydrogen-bond donors (Lipinski definition) is 1. The van der Waals surface area contributed by atoms with E-state index in [0.717, 1.165) is 10.8 Å². The quantitative estimate of drug-likeness (QED) is 0.745. The van der Waals surface area contributed by atoms with Gasteiger partial charge in [0.25, 0.3) is 0 Å². The Balaban J connectivity index is 2.04. The zero-order chi connectivity index (χ0) is 12.4. The van der Waals surface area contributed by atoms with Crippen LogP contribution in [0.25, 0.3) is 10.8 Å². The molecule has 0 amide bonds. The molecule has 1 heterocycles. The zero-order valence-electron chi connectivity index (χ0n) is 9.45. The number of aromatic nitrogens is 2. The van der Waals surface area contributed by atoms with Crippen molar-refractivity contribution in [2.45, 2.75) is 0 Å². The summed E-state index contributed by atoms with van der Waals surface area (Å²) in [5, 5.41) is 19.4. The van der Waals surface area contributed by atoms with Gasteiger partial charge in [-0.05, 0) is 29.0 Å². The summed E-state index contributed by atoms with van der Waals surface area (Å²) < 4.78 is 5.49. The van der Waals surface area contributed by atoms with E-state index in [4.69, 9.17) is 4.74 Å². The molecule has 1 aromatic heterocycles. The summed E-state index contributed by atoms with van der Waals surface area (Å²) in [7, 11) is 0. The average molecular weight is 238 g/mol. The summed E-state index contributed by atoms with van der Waals surface area (Å²) in [6.07, 6.45) is 1.56. The van der Waals surface area contributed by atoms with Gasteiger partial charge in [0.1, 0.15) is 0 Å². The normalized spacial score (nSPS) is 10.4. The number of aromatic hydroxyl groups is 1. The highest BCUT2D eigenvalue weighted by Crippen LogP contribution is 2.33. The van der Waals surface area contributed by atoms with Gasteiger partial charge in [0.15, 0.2) is 11.5 Å². The topological polar surface area (TPSA) is 55.2 Å². The lowest BCUT2D eigenvalue weighted by atomic mass is 10.1. The van der Waals surface area contributed by atoms with E-state index in [2.05, 4.69) is 10.2 Å². The average Bonchev–Trinajstić information content (AvgIpc) is 2.41. The second-order valence-corrected chi connectivity index (χ2v) is 3.83. The van der Waals surface area contributed by atoms with E-state index in [-0.39, 0.29) is 5.75 Å². The van der Waals surface area contributed by atoms with Gasteiger partial charge in [-0.15, -0.1) is 5.10 Å². The highest BCUT2D eigenvalue weighted by molar-refractivity contribution is 5.85. The lowest BCUT2D eigenvalue weighted by Crippen LogP contribution is -1.89. The molecule has 0 fully saturated rings. The van der Waals surface area contributed by atoms with Crippen molar-refractivity contribution in [1.29, 1.82) is 0 Å². The Kier molecular flexibility index (Phi) is 2.53. The van der Waals surface area contributed by atoms with Gasteiger partial charge in [-0.1, -0.05) is 24.3 Å². The predicted octanol–water partition coefficient (Wildman–Crippen LogP) is 3.13. The lowest BCUT2D eigenvalue weighted by Gasteiger charge is -2.07. The van der Waals surface area contributed by atoms with Crippen molar-refractivity contribution in [1.82, 2.24) is 10.2 Å². The number of phenolic OH excluding ortho intramolecular Hbond substituents is 1. The summed E-state index contributed by atoms with van der Waals surface area (Å²) in [4.78, 5) is 0. The van der Waals surface area contributed by atoms with Crippen LogP contribution in [0.4, 0.5) is 0 Å². The number of ether oxygens (including phenoxy) is 1. The van der Waals surface area contributed by atoms with E-state index < -0.39 is 0 Å². The van der Waals surface area contributed by atoms with Crippen LogP contribution in [0, 0.1) is 0 Å². The molecule has 4 nitrogen and oxygen atoms in total. The van der Waals surface area contributed by atoms with Gasteiger partial charge in [0.2, 0.25) is 5.88 Å².